The summed E-state index contributed by atoms with van der Waals surface area (Å²) < 4.78 is 72.7. The number of carbonyl (C=O) groups is 1. The predicted molar refractivity (Wildman–Crippen MR) is 89.8 cm³/mol. The summed E-state index contributed by atoms with van der Waals surface area (Å²) in [4.78, 5) is 10.9. The molecule has 0 aliphatic rings. The van der Waals surface area contributed by atoms with Crippen LogP contribution < -0.4 is 9.47 Å². The number of ether oxygens (including phenoxy) is 2. The second kappa shape index (κ2) is 7.70. The van der Waals surface area contributed by atoms with Gasteiger partial charge in [-0.1, -0.05) is 0 Å². The molecule has 26 heavy (non-hydrogen) atoms. The first-order chi connectivity index (χ1) is 12.1. The van der Waals surface area contributed by atoms with Crippen molar-refractivity contribution in [3.05, 3.63) is 46.2 Å². The van der Waals surface area contributed by atoms with Crippen molar-refractivity contribution >= 4 is 32.2 Å². The fraction of sp³-hybridized carbons (Fsp3) is 0.267. The van der Waals surface area contributed by atoms with Gasteiger partial charge in [-0.15, -0.1) is 0 Å². The molecule has 11 heteroatoms. The molecule has 0 saturated heterocycles. The Morgan fingerprint density at radius 3 is 2.54 bits per heavy atom. The van der Waals surface area contributed by atoms with E-state index in [1.807, 2.05) is 0 Å². The third-order valence-corrected chi connectivity index (χ3v) is 5.22. The van der Waals surface area contributed by atoms with E-state index in [-0.39, 0.29) is 27.8 Å². The molecule has 142 valence electrons. The monoisotopic (exact) mass is 455 g/mol. The zero-order valence-corrected chi connectivity index (χ0v) is 15.7. The first-order valence-electron chi connectivity index (χ1n) is 7.14. The second-order valence-corrected chi connectivity index (χ2v) is 7.58. The molecule has 0 aliphatic carbocycles. The van der Waals surface area contributed by atoms with Crippen LogP contribution in [0.4, 0.5) is 13.2 Å². The highest BCUT2D eigenvalue weighted by Gasteiger charge is 2.47. The average molecular weight is 456 g/mol. The Kier molecular flexibility index (Phi) is 6.02. The van der Waals surface area contributed by atoms with Gasteiger partial charge < -0.3 is 9.47 Å². The standard InChI is InChI=1S/C15H13BrF3NO5S/c1-2-24-13-7-10(8-21)6-12(16)14(13)25-9-11-4-3-5-20(11)26(22,23)15(17,18)19/h3-8H,2,9H2,1H3. The molecular weight excluding hydrogens is 443 g/mol. The molecule has 0 aliphatic heterocycles. The molecule has 0 amide bonds. The van der Waals surface area contributed by atoms with E-state index in [2.05, 4.69) is 15.9 Å². The molecule has 1 aromatic carbocycles. The van der Waals surface area contributed by atoms with Crippen molar-refractivity contribution in [1.29, 1.82) is 0 Å². The van der Waals surface area contributed by atoms with E-state index < -0.39 is 22.1 Å². The minimum atomic E-state index is -5.56. The van der Waals surface area contributed by atoms with Crippen molar-refractivity contribution in [3.8, 4) is 11.5 Å². The van der Waals surface area contributed by atoms with Gasteiger partial charge in [0.1, 0.15) is 12.9 Å². The molecule has 1 aromatic heterocycles. The van der Waals surface area contributed by atoms with Gasteiger partial charge in [0.15, 0.2) is 11.5 Å². The maximum absolute atomic E-state index is 12.7. The molecule has 1 heterocycles. The average Bonchev–Trinajstić information content (AvgIpc) is 3.02. The molecule has 0 bridgehead atoms. The first kappa shape index (κ1) is 20.3. The third kappa shape index (κ3) is 4.04. The Labute approximate surface area is 155 Å². The van der Waals surface area contributed by atoms with E-state index in [9.17, 15) is 26.4 Å². The molecule has 2 aromatic rings. The number of aldehydes is 1. The molecule has 0 unspecified atom stereocenters. The van der Waals surface area contributed by atoms with Crippen molar-refractivity contribution in [2.24, 2.45) is 0 Å². The number of benzene rings is 1. The largest absolute Gasteiger partial charge is 0.517 e. The van der Waals surface area contributed by atoms with Gasteiger partial charge in [-0.3, -0.25) is 4.79 Å². The number of aromatic nitrogens is 1. The summed E-state index contributed by atoms with van der Waals surface area (Å²) >= 11 is 3.19. The van der Waals surface area contributed by atoms with Gasteiger partial charge >= 0.3 is 15.5 Å². The van der Waals surface area contributed by atoms with Crippen LogP contribution in [0, 0.1) is 0 Å². The van der Waals surface area contributed by atoms with Crippen molar-refractivity contribution in [2.75, 3.05) is 6.61 Å². The van der Waals surface area contributed by atoms with Crippen LogP contribution in [0.15, 0.2) is 34.9 Å². The van der Waals surface area contributed by atoms with Crippen LogP contribution >= 0.6 is 15.9 Å². The minimum Gasteiger partial charge on any atom is -0.490 e. The quantitative estimate of drug-likeness (QED) is 0.594. The van der Waals surface area contributed by atoms with Crippen molar-refractivity contribution < 1.29 is 35.9 Å². The lowest BCUT2D eigenvalue weighted by Crippen LogP contribution is -2.30. The Morgan fingerprint density at radius 1 is 1.27 bits per heavy atom. The van der Waals surface area contributed by atoms with Gasteiger partial charge in [0.05, 0.1) is 16.8 Å². The van der Waals surface area contributed by atoms with Gasteiger partial charge in [-0.25, -0.2) is 3.97 Å². The smallest absolute Gasteiger partial charge is 0.490 e. The topological polar surface area (TPSA) is 74.6 Å². The number of hydrogen-bond donors (Lipinski definition) is 0. The molecule has 0 radical (unpaired) electrons. The fourth-order valence-electron chi connectivity index (χ4n) is 2.06. The summed E-state index contributed by atoms with van der Waals surface area (Å²) in [6.45, 7) is 1.48. The molecule has 2 rings (SSSR count). The van der Waals surface area contributed by atoms with Gasteiger partial charge in [0.25, 0.3) is 0 Å². The summed E-state index contributed by atoms with van der Waals surface area (Å²) in [5.41, 5.74) is -5.37. The van der Waals surface area contributed by atoms with E-state index in [1.54, 1.807) is 6.92 Å². The molecule has 6 nitrogen and oxygen atoms in total. The van der Waals surface area contributed by atoms with E-state index in [4.69, 9.17) is 9.47 Å². The highest BCUT2D eigenvalue weighted by molar-refractivity contribution is 9.10. The Bertz CT molecular complexity index is 908. The van der Waals surface area contributed by atoms with Crippen molar-refractivity contribution in [2.45, 2.75) is 19.0 Å². The summed E-state index contributed by atoms with van der Waals surface area (Å²) in [5.74, 6) is 0.329. The van der Waals surface area contributed by atoms with E-state index in [0.29, 0.717) is 16.3 Å². The van der Waals surface area contributed by atoms with Crippen LogP contribution in [0.25, 0.3) is 0 Å². The van der Waals surface area contributed by atoms with E-state index >= 15 is 0 Å². The van der Waals surface area contributed by atoms with Crippen LogP contribution in [0.3, 0.4) is 0 Å². The zero-order valence-electron chi connectivity index (χ0n) is 13.3. The fourth-order valence-corrected chi connectivity index (χ4v) is 3.51. The number of carbonyl (C=O) groups excluding carboxylic acids is 1. The normalized spacial score (nSPS) is 12.0. The third-order valence-electron chi connectivity index (χ3n) is 3.18. The van der Waals surface area contributed by atoms with Crippen LogP contribution in [0.1, 0.15) is 23.0 Å². The molecule has 0 atom stereocenters. The minimum absolute atomic E-state index is 0.112. The number of rotatable bonds is 7. The lowest BCUT2D eigenvalue weighted by molar-refractivity contribution is -0.0447. The summed E-state index contributed by atoms with van der Waals surface area (Å²) in [5, 5.41) is 0. The van der Waals surface area contributed by atoms with Crippen molar-refractivity contribution in [1.82, 2.24) is 3.97 Å². The van der Waals surface area contributed by atoms with Gasteiger partial charge in [0, 0.05) is 11.8 Å². The Hall–Kier alpha value is -2.01. The molecule has 0 spiro atoms. The highest BCUT2D eigenvalue weighted by atomic mass is 79.9. The van der Waals surface area contributed by atoms with Crippen LogP contribution in [-0.2, 0) is 16.6 Å². The van der Waals surface area contributed by atoms with Crippen molar-refractivity contribution in [3.63, 3.8) is 0 Å². The maximum Gasteiger partial charge on any atom is 0.517 e. The Balaban J connectivity index is 2.34. The summed E-state index contributed by atoms with van der Waals surface area (Å²) in [7, 11) is -5.56. The number of halogens is 4. The van der Waals surface area contributed by atoms with Crippen LogP contribution in [0.5, 0.6) is 11.5 Å². The molecule has 0 fully saturated rings. The van der Waals surface area contributed by atoms with E-state index in [1.165, 1.54) is 18.2 Å². The number of alkyl halides is 3. The second-order valence-electron chi connectivity index (χ2n) is 4.92. The first-order valence-corrected chi connectivity index (χ1v) is 9.37. The number of hydrogen-bond acceptors (Lipinski definition) is 5. The van der Waals surface area contributed by atoms with Crippen LogP contribution in [0.2, 0.25) is 0 Å². The van der Waals surface area contributed by atoms with Gasteiger partial charge in [-0.2, -0.15) is 21.6 Å². The lowest BCUT2D eigenvalue weighted by Gasteiger charge is -2.16. The van der Waals surface area contributed by atoms with Gasteiger partial charge in [-0.05, 0) is 47.1 Å². The molecular formula is C15H13BrF3NO5S. The maximum atomic E-state index is 12.7. The Morgan fingerprint density at radius 2 is 1.96 bits per heavy atom. The predicted octanol–water partition coefficient (Wildman–Crippen LogP) is 3.74. The van der Waals surface area contributed by atoms with E-state index in [0.717, 1.165) is 12.3 Å². The molecule has 0 N–H and O–H groups in total. The molecule has 0 saturated carbocycles. The zero-order chi connectivity index (χ0) is 19.5. The van der Waals surface area contributed by atoms with Gasteiger partial charge in [0.2, 0.25) is 0 Å². The van der Waals surface area contributed by atoms with Crippen LogP contribution in [-0.4, -0.2) is 30.8 Å². The lowest BCUT2D eigenvalue weighted by atomic mass is 10.2. The highest BCUT2D eigenvalue weighted by Crippen LogP contribution is 2.37. The number of nitrogens with zero attached hydrogens (tertiary/aromatic N) is 1. The summed E-state index contributed by atoms with van der Waals surface area (Å²) in [6.07, 6.45) is 1.38. The summed E-state index contributed by atoms with van der Waals surface area (Å²) in [6, 6.07) is 5.20. The SMILES string of the molecule is CCOc1cc(C=O)cc(Br)c1OCc1cccn1S(=O)(=O)C(F)(F)F.